The van der Waals surface area contributed by atoms with Crippen LogP contribution in [0, 0.1) is 0 Å². The highest BCUT2D eigenvalue weighted by atomic mass is 35.5. The van der Waals surface area contributed by atoms with Gasteiger partial charge in [0.15, 0.2) is 0 Å². The number of halogens is 2. The van der Waals surface area contributed by atoms with E-state index in [9.17, 15) is 14.7 Å². The lowest BCUT2D eigenvalue weighted by atomic mass is 9.80. The Morgan fingerprint density at radius 2 is 1.72 bits per heavy atom. The van der Waals surface area contributed by atoms with Crippen LogP contribution in [0.5, 0.6) is 0 Å². The standard InChI is InChI=1S/C27H29Cl2NO6/c1-15(2)36-27(33)24-20(13-31)30-16(3)22(23(24)18-11-8-12-19(28)25(18)29)26(32)35-14-21(34-4)17-9-6-5-7-10-17/h5-12,15,21,23,30-31H,13-14H2,1-4H3. The van der Waals surface area contributed by atoms with Crippen LogP contribution in [0.1, 0.15) is 43.9 Å². The summed E-state index contributed by atoms with van der Waals surface area (Å²) < 4.78 is 16.7. The molecule has 9 heteroatoms. The summed E-state index contributed by atoms with van der Waals surface area (Å²) >= 11 is 12.8. The van der Waals surface area contributed by atoms with Crippen LogP contribution in [0.3, 0.4) is 0 Å². The minimum absolute atomic E-state index is 0.0549. The zero-order valence-corrected chi connectivity index (χ0v) is 22.0. The topological polar surface area (TPSA) is 94.1 Å². The number of benzene rings is 2. The summed E-state index contributed by atoms with van der Waals surface area (Å²) in [5.41, 5.74) is 2.06. The van der Waals surface area contributed by atoms with Crippen molar-refractivity contribution in [1.82, 2.24) is 5.32 Å². The second kappa shape index (κ2) is 12.4. The summed E-state index contributed by atoms with van der Waals surface area (Å²) in [7, 11) is 1.53. The predicted octanol–water partition coefficient (Wildman–Crippen LogP) is 5.08. The molecule has 0 saturated heterocycles. The van der Waals surface area contributed by atoms with E-state index in [0.717, 1.165) is 5.56 Å². The molecule has 2 N–H and O–H groups in total. The minimum Gasteiger partial charge on any atom is -0.460 e. The largest absolute Gasteiger partial charge is 0.460 e. The fourth-order valence-corrected chi connectivity index (χ4v) is 4.48. The number of ether oxygens (including phenoxy) is 3. The average molecular weight is 534 g/mol. The smallest absolute Gasteiger partial charge is 0.337 e. The maximum atomic E-state index is 13.5. The van der Waals surface area contributed by atoms with Crippen molar-refractivity contribution < 1.29 is 28.9 Å². The van der Waals surface area contributed by atoms with Gasteiger partial charge in [-0.1, -0.05) is 65.7 Å². The number of aliphatic hydroxyl groups is 1. The molecule has 36 heavy (non-hydrogen) atoms. The quantitative estimate of drug-likeness (QED) is 0.434. The van der Waals surface area contributed by atoms with Crippen LogP contribution in [0.4, 0.5) is 0 Å². The van der Waals surface area contributed by atoms with Gasteiger partial charge in [0.1, 0.15) is 12.7 Å². The Morgan fingerprint density at radius 3 is 2.33 bits per heavy atom. The lowest BCUT2D eigenvalue weighted by Crippen LogP contribution is -2.35. The van der Waals surface area contributed by atoms with Crippen molar-refractivity contribution in [2.24, 2.45) is 0 Å². The fraction of sp³-hybridized carbons (Fsp3) is 0.333. The van der Waals surface area contributed by atoms with Gasteiger partial charge >= 0.3 is 11.9 Å². The Kier molecular flexibility index (Phi) is 9.56. The summed E-state index contributed by atoms with van der Waals surface area (Å²) in [4.78, 5) is 26.8. The van der Waals surface area contributed by atoms with Crippen molar-refractivity contribution in [3.05, 3.63) is 92.2 Å². The highest BCUT2D eigenvalue weighted by Gasteiger charge is 2.40. The number of aliphatic hydroxyl groups excluding tert-OH is 1. The first-order chi connectivity index (χ1) is 17.2. The van der Waals surface area contributed by atoms with Crippen LogP contribution in [0.25, 0.3) is 0 Å². The van der Waals surface area contributed by atoms with E-state index >= 15 is 0 Å². The monoisotopic (exact) mass is 533 g/mol. The van der Waals surface area contributed by atoms with E-state index < -0.39 is 36.7 Å². The van der Waals surface area contributed by atoms with Gasteiger partial charge < -0.3 is 24.6 Å². The zero-order valence-electron chi connectivity index (χ0n) is 20.5. The van der Waals surface area contributed by atoms with E-state index in [4.69, 9.17) is 37.4 Å². The van der Waals surface area contributed by atoms with Gasteiger partial charge in [-0.05, 0) is 38.0 Å². The first-order valence-electron chi connectivity index (χ1n) is 11.4. The molecule has 2 unspecified atom stereocenters. The van der Waals surface area contributed by atoms with E-state index in [1.165, 1.54) is 7.11 Å². The molecule has 0 aliphatic carbocycles. The Morgan fingerprint density at radius 1 is 1.03 bits per heavy atom. The van der Waals surface area contributed by atoms with Crippen molar-refractivity contribution in [2.75, 3.05) is 20.3 Å². The number of carbonyl (C=O) groups excluding carboxylic acids is 2. The molecule has 3 rings (SSSR count). The van der Waals surface area contributed by atoms with Gasteiger partial charge in [-0.25, -0.2) is 9.59 Å². The number of dihydropyridines is 1. The van der Waals surface area contributed by atoms with Crippen LogP contribution in [-0.4, -0.2) is 43.5 Å². The molecule has 0 bridgehead atoms. The molecule has 0 amide bonds. The molecule has 2 atom stereocenters. The summed E-state index contributed by atoms with van der Waals surface area (Å²) in [6.45, 7) is 4.53. The van der Waals surface area contributed by atoms with Crippen molar-refractivity contribution in [3.63, 3.8) is 0 Å². The molecule has 0 aromatic heterocycles. The summed E-state index contributed by atoms with van der Waals surface area (Å²) in [5, 5.41) is 13.5. The molecule has 0 saturated carbocycles. The van der Waals surface area contributed by atoms with E-state index in [0.29, 0.717) is 11.3 Å². The highest BCUT2D eigenvalue weighted by Crippen LogP contribution is 2.43. The SMILES string of the molecule is COC(COC(=O)C1=C(C)NC(CO)=C(C(=O)OC(C)C)C1c1cccc(Cl)c1Cl)c1ccccc1. The van der Waals surface area contributed by atoms with Crippen molar-refractivity contribution in [3.8, 4) is 0 Å². The first kappa shape index (κ1) is 27.7. The van der Waals surface area contributed by atoms with Crippen LogP contribution in [0.2, 0.25) is 10.0 Å². The van der Waals surface area contributed by atoms with Gasteiger partial charge in [0.25, 0.3) is 0 Å². The lowest BCUT2D eigenvalue weighted by Gasteiger charge is -2.32. The Hall–Kier alpha value is -2.84. The highest BCUT2D eigenvalue weighted by molar-refractivity contribution is 6.42. The number of rotatable bonds is 9. The lowest BCUT2D eigenvalue weighted by molar-refractivity contribution is -0.143. The third-order valence-corrected chi connectivity index (χ3v) is 6.53. The van der Waals surface area contributed by atoms with Crippen LogP contribution < -0.4 is 5.32 Å². The van der Waals surface area contributed by atoms with E-state index in [1.807, 2.05) is 30.3 Å². The number of esters is 2. The average Bonchev–Trinajstić information content (AvgIpc) is 2.85. The first-order valence-corrected chi connectivity index (χ1v) is 12.2. The zero-order chi connectivity index (χ0) is 26.4. The molecule has 0 spiro atoms. The number of hydrogen-bond donors (Lipinski definition) is 2. The van der Waals surface area contributed by atoms with Crippen LogP contribution in [0.15, 0.2) is 71.1 Å². The van der Waals surface area contributed by atoms with E-state index in [1.54, 1.807) is 39.0 Å². The number of nitrogens with one attached hydrogen (secondary N) is 1. The molecule has 1 aliphatic rings. The Bertz CT molecular complexity index is 1180. The normalized spacial score (nSPS) is 16.6. The minimum atomic E-state index is -0.990. The van der Waals surface area contributed by atoms with E-state index in [-0.39, 0.29) is 33.5 Å². The molecule has 0 radical (unpaired) electrons. The van der Waals surface area contributed by atoms with Crippen molar-refractivity contribution in [2.45, 2.75) is 38.9 Å². The molecular weight excluding hydrogens is 505 g/mol. The number of hydrogen-bond acceptors (Lipinski definition) is 7. The number of methoxy groups -OCH3 is 1. The molecule has 0 fully saturated rings. The van der Waals surface area contributed by atoms with Crippen molar-refractivity contribution >= 4 is 35.1 Å². The van der Waals surface area contributed by atoms with Gasteiger partial charge in [-0.3, -0.25) is 0 Å². The maximum Gasteiger partial charge on any atom is 0.337 e. The Labute approximate surface area is 220 Å². The van der Waals surface area contributed by atoms with Gasteiger partial charge in [0.05, 0.1) is 45.5 Å². The summed E-state index contributed by atoms with van der Waals surface area (Å²) in [5.74, 6) is -2.36. The molecule has 2 aromatic rings. The van der Waals surface area contributed by atoms with Gasteiger partial charge in [-0.2, -0.15) is 0 Å². The molecule has 7 nitrogen and oxygen atoms in total. The van der Waals surface area contributed by atoms with E-state index in [2.05, 4.69) is 5.32 Å². The van der Waals surface area contributed by atoms with Gasteiger partial charge in [-0.15, -0.1) is 0 Å². The third-order valence-electron chi connectivity index (χ3n) is 5.70. The number of allylic oxidation sites excluding steroid dienone is 1. The summed E-state index contributed by atoms with van der Waals surface area (Å²) in [6.07, 6.45) is -0.925. The summed E-state index contributed by atoms with van der Waals surface area (Å²) in [6, 6.07) is 14.3. The van der Waals surface area contributed by atoms with Crippen molar-refractivity contribution in [1.29, 1.82) is 0 Å². The fourth-order valence-electron chi connectivity index (χ4n) is 4.06. The molecule has 2 aromatic carbocycles. The van der Waals surface area contributed by atoms with Crippen LogP contribution in [-0.2, 0) is 23.8 Å². The molecule has 1 aliphatic heterocycles. The third kappa shape index (κ3) is 6.10. The van der Waals surface area contributed by atoms with Crippen LogP contribution >= 0.6 is 23.2 Å². The Balaban J connectivity index is 2.05. The number of carbonyl (C=O) groups is 2. The predicted molar refractivity (Wildman–Crippen MR) is 138 cm³/mol. The van der Waals surface area contributed by atoms with Gasteiger partial charge in [0, 0.05) is 12.8 Å². The molecule has 1 heterocycles. The molecular formula is C27H29Cl2NO6. The van der Waals surface area contributed by atoms with Gasteiger partial charge in [0.2, 0.25) is 0 Å². The second-order valence-electron chi connectivity index (χ2n) is 8.48. The molecule has 192 valence electrons. The maximum absolute atomic E-state index is 13.5. The second-order valence-corrected chi connectivity index (χ2v) is 9.26.